The summed E-state index contributed by atoms with van der Waals surface area (Å²) >= 11 is 2.88. The van der Waals surface area contributed by atoms with Crippen LogP contribution in [-0.4, -0.2) is 39.8 Å². The number of imide groups is 1. The lowest BCUT2D eigenvalue weighted by molar-refractivity contribution is -0.134. The number of hydrogen-bond acceptors (Lipinski definition) is 6. The molecule has 130 valence electrons. The van der Waals surface area contributed by atoms with Gasteiger partial charge in [-0.1, -0.05) is 6.07 Å². The maximum absolute atomic E-state index is 12.5. The van der Waals surface area contributed by atoms with E-state index in [4.69, 9.17) is 0 Å². The standard InChI is InChI=1S/C16H16N4O3S2/c1-16(9-4-5-9)13(22)20(15(23)19-16)7-12(21)18-14-17-10(8-25-14)11-3-2-6-24-11/h2-3,6,8-9H,4-5,7H2,1H3,(H,19,23)(H,17,18,21). The van der Waals surface area contributed by atoms with Crippen LogP contribution in [0.1, 0.15) is 19.8 Å². The van der Waals surface area contributed by atoms with Crippen molar-refractivity contribution in [1.29, 1.82) is 0 Å². The first-order valence-corrected chi connectivity index (χ1v) is 9.66. The van der Waals surface area contributed by atoms with Crippen LogP contribution >= 0.6 is 22.7 Å². The first-order valence-electron chi connectivity index (χ1n) is 7.91. The Morgan fingerprint density at radius 3 is 2.92 bits per heavy atom. The number of thiazole rings is 1. The predicted molar refractivity (Wildman–Crippen MR) is 95.4 cm³/mol. The van der Waals surface area contributed by atoms with E-state index >= 15 is 0 Å². The first-order chi connectivity index (χ1) is 12.0. The van der Waals surface area contributed by atoms with Gasteiger partial charge in [0.1, 0.15) is 12.1 Å². The van der Waals surface area contributed by atoms with Crippen LogP contribution in [0.3, 0.4) is 0 Å². The van der Waals surface area contributed by atoms with E-state index in [0.29, 0.717) is 5.13 Å². The Hall–Kier alpha value is -2.26. The fourth-order valence-electron chi connectivity index (χ4n) is 2.97. The molecule has 4 rings (SSSR count). The molecule has 2 aromatic heterocycles. The molecule has 4 amide bonds. The largest absolute Gasteiger partial charge is 0.325 e. The van der Waals surface area contributed by atoms with Crippen LogP contribution in [0.2, 0.25) is 0 Å². The SMILES string of the molecule is CC1(C2CC2)NC(=O)N(CC(=O)Nc2nc(-c3cccs3)cs2)C1=O. The van der Waals surface area contributed by atoms with Gasteiger partial charge in [0.15, 0.2) is 5.13 Å². The zero-order valence-corrected chi connectivity index (χ0v) is 15.1. The molecule has 1 saturated carbocycles. The lowest BCUT2D eigenvalue weighted by Crippen LogP contribution is -2.46. The van der Waals surface area contributed by atoms with Crippen molar-refractivity contribution >= 4 is 45.7 Å². The molecule has 9 heteroatoms. The van der Waals surface area contributed by atoms with Crippen LogP contribution in [0.5, 0.6) is 0 Å². The van der Waals surface area contributed by atoms with E-state index in [1.54, 1.807) is 18.3 Å². The van der Waals surface area contributed by atoms with Crippen molar-refractivity contribution in [1.82, 2.24) is 15.2 Å². The fraction of sp³-hybridized carbons (Fsp3) is 0.375. The van der Waals surface area contributed by atoms with Gasteiger partial charge in [-0.15, -0.1) is 22.7 Å². The van der Waals surface area contributed by atoms with Crippen LogP contribution in [0.25, 0.3) is 10.6 Å². The normalized spacial score (nSPS) is 23.0. The van der Waals surface area contributed by atoms with Gasteiger partial charge in [-0.3, -0.25) is 14.5 Å². The minimum absolute atomic E-state index is 0.171. The highest BCUT2D eigenvalue weighted by molar-refractivity contribution is 7.16. The number of aromatic nitrogens is 1. The van der Waals surface area contributed by atoms with Gasteiger partial charge >= 0.3 is 6.03 Å². The van der Waals surface area contributed by atoms with Crippen LogP contribution < -0.4 is 10.6 Å². The number of anilines is 1. The van der Waals surface area contributed by atoms with Gasteiger partial charge in [0.25, 0.3) is 5.91 Å². The molecule has 0 radical (unpaired) electrons. The van der Waals surface area contributed by atoms with E-state index < -0.39 is 17.5 Å². The maximum Gasteiger partial charge on any atom is 0.325 e. The second kappa shape index (κ2) is 5.92. The molecule has 2 aromatic rings. The molecule has 0 bridgehead atoms. The van der Waals surface area contributed by atoms with E-state index in [1.165, 1.54) is 11.3 Å². The highest BCUT2D eigenvalue weighted by Gasteiger charge is 2.56. The van der Waals surface area contributed by atoms with Crippen molar-refractivity contribution in [3.63, 3.8) is 0 Å². The summed E-state index contributed by atoms with van der Waals surface area (Å²) < 4.78 is 0. The number of thiophene rings is 1. The quantitative estimate of drug-likeness (QED) is 0.785. The van der Waals surface area contributed by atoms with E-state index in [9.17, 15) is 14.4 Å². The third-order valence-electron chi connectivity index (χ3n) is 4.52. The van der Waals surface area contributed by atoms with Crippen LogP contribution in [0.15, 0.2) is 22.9 Å². The number of amides is 4. The predicted octanol–water partition coefficient (Wildman–Crippen LogP) is 2.53. The number of nitrogens with one attached hydrogen (secondary N) is 2. The molecule has 25 heavy (non-hydrogen) atoms. The summed E-state index contributed by atoms with van der Waals surface area (Å²) in [6.45, 7) is 1.43. The van der Waals surface area contributed by atoms with E-state index in [-0.39, 0.29) is 18.4 Å². The Kier molecular flexibility index (Phi) is 3.84. The topological polar surface area (TPSA) is 91.4 Å². The fourth-order valence-corrected chi connectivity index (χ4v) is 4.46. The van der Waals surface area contributed by atoms with Crippen molar-refractivity contribution in [2.75, 3.05) is 11.9 Å². The second-order valence-corrected chi connectivity index (χ2v) is 8.17. The first kappa shape index (κ1) is 16.2. The van der Waals surface area contributed by atoms with Crippen molar-refractivity contribution < 1.29 is 14.4 Å². The van der Waals surface area contributed by atoms with Crippen molar-refractivity contribution in [2.24, 2.45) is 5.92 Å². The molecule has 1 aliphatic carbocycles. The molecule has 1 aliphatic heterocycles. The summed E-state index contributed by atoms with van der Waals surface area (Å²) in [7, 11) is 0. The molecular formula is C16H16N4O3S2. The lowest BCUT2D eigenvalue weighted by atomic mass is 9.96. The third kappa shape index (κ3) is 2.93. The van der Waals surface area contributed by atoms with Gasteiger partial charge in [-0.25, -0.2) is 9.78 Å². The Bertz CT molecular complexity index is 843. The molecule has 0 spiro atoms. The maximum atomic E-state index is 12.5. The van der Waals surface area contributed by atoms with Crippen LogP contribution in [0.4, 0.5) is 9.93 Å². The molecule has 2 aliphatic rings. The van der Waals surface area contributed by atoms with Gasteiger partial charge in [0.2, 0.25) is 5.91 Å². The molecule has 2 fully saturated rings. The lowest BCUT2D eigenvalue weighted by Gasteiger charge is -2.20. The van der Waals surface area contributed by atoms with Crippen molar-refractivity contribution in [3.8, 4) is 10.6 Å². The van der Waals surface area contributed by atoms with Crippen molar-refractivity contribution in [2.45, 2.75) is 25.3 Å². The number of urea groups is 1. The number of nitrogens with zero attached hydrogens (tertiary/aromatic N) is 2. The molecule has 1 atom stereocenters. The average molecular weight is 376 g/mol. The van der Waals surface area contributed by atoms with E-state index in [1.807, 2.05) is 22.9 Å². The van der Waals surface area contributed by atoms with Crippen LogP contribution in [-0.2, 0) is 9.59 Å². The molecular weight excluding hydrogens is 360 g/mol. The monoisotopic (exact) mass is 376 g/mol. The smallest absolute Gasteiger partial charge is 0.323 e. The minimum Gasteiger partial charge on any atom is -0.323 e. The van der Waals surface area contributed by atoms with E-state index in [2.05, 4.69) is 15.6 Å². The zero-order valence-electron chi connectivity index (χ0n) is 13.4. The molecule has 1 saturated heterocycles. The average Bonchev–Trinajstić information content (AvgIpc) is 3.02. The van der Waals surface area contributed by atoms with Gasteiger partial charge in [0, 0.05) is 5.38 Å². The Morgan fingerprint density at radius 2 is 2.24 bits per heavy atom. The molecule has 1 unspecified atom stereocenters. The Morgan fingerprint density at radius 1 is 1.44 bits per heavy atom. The number of rotatable bonds is 5. The number of carbonyl (C=O) groups excluding carboxylic acids is 3. The van der Waals surface area contributed by atoms with E-state index in [0.717, 1.165) is 28.3 Å². The van der Waals surface area contributed by atoms with Crippen molar-refractivity contribution in [3.05, 3.63) is 22.9 Å². The molecule has 2 N–H and O–H groups in total. The van der Waals surface area contributed by atoms with Gasteiger partial charge < -0.3 is 10.6 Å². The summed E-state index contributed by atoms with van der Waals surface area (Å²) in [5.74, 6) is -0.589. The van der Waals surface area contributed by atoms with Crippen LogP contribution in [0, 0.1) is 5.92 Å². The Labute approximate surface area is 152 Å². The summed E-state index contributed by atoms with van der Waals surface area (Å²) in [4.78, 5) is 43.2. The highest BCUT2D eigenvalue weighted by atomic mass is 32.1. The third-order valence-corrected chi connectivity index (χ3v) is 6.17. The highest BCUT2D eigenvalue weighted by Crippen LogP contribution is 2.42. The number of carbonyl (C=O) groups is 3. The van der Waals surface area contributed by atoms with Gasteiger partial charge in [-0.05, 0) is 37.1 Å². The zero-order chi connectivity index (χ0) is 17.6. The summed E-state index contributed by atoms with van der Waals surface area (Å²) in [5, 5.41) is 9.66. The summed E-state index contributed by atoms with van der Waals surface area (Å²) in [6.07, 6.45) is 1.85. The molecule has 0 aromatic carbocycles. The second-order valence-electron chi connectivity index (χ2n) is 6.36. The van der Waals surface area contributed by atoms with Gasteiger partial charge in [-0.2, -0.15) is 0 Å². The summed E-state index contributed by atoms with van der Waals surface area (Å²) in [5.41, 5.74) is -0.0724. The minimum atomic E-state index is -0.870. The number of hydrogen-bond donors (Lipinski definition) is 2. The molecule has 7 nitrogen and oxygen atoms in total. The Balaban J connectivity index is 1.41. The summed E-state index contributed by atoms with van der Waals surface area (Å²) in [6, 6.07) is 3.39. The van der Waals surface area contributed by atoms with Gasteiger partial charge in [0.05, 0.1) is 10.6 Å². The molecule has 3 heterocycles.